The Balaban J connectivity index is 1.96. The minimum Gasteiger partial charge on any atom is -0.486 e. The molecule has 25 heavy (non-hydrogen) atoms. The molecule has 0 unspecified atom stereocenters. The van der Waals surface area contributed by atoms with Gasteiger partial charge < -0.3 is 14.2 Å². The van der Waals surface area contributed by atoms with Gasteiger partial charge in [-0.05, 0) is 24.3 Å². The van der Waals surface area contributed by atoms with Crippen molar-refractivity contribution in [3.05, 3.63) is 57.6 Å². The van der Waals surface area contributed by atoms with Gasteiger partial charge in [0.25, 0.3) is 5.69 Å². The summed E-state index contributed by atoms with van der Waals surface area (Å²) >= 11 is 0. The smallest absolute Gasteiger partial charge is 0.344 e. The maximum atomic E-state index is 11.7. The van der Waals surface area contributed by atoms with Crippen molar-refractivity contribution in [2.45, 2.75) is 0 Å². The van der Waals surface area contributed by atoms with Crippen molar-refractivity contribution in [3.63, 3.8) is 0 Å². The fourth-order valence-electron chi connectivity index (χ4n) is 2.40. The van der Waals surface area contributed by atoms with Gasteiger partial charge in [0.15, 0.2) is 11.5 Å². The van der Waals surface area contributed by atoms with Gasteiger partial charge in [-0.3, -0.25) is 15.1 Å². The Bertz CT molecular complexity index is 862. The zero-order valence-electron chi connectivity index (χ0n) is 13.3. The Kier molecular flexibility index (Phi) is 4.60. The standard InChI is InChI=1S/C17H14N2O6/c1-23-17(20)13-4-2-3-11(16(13)19(21)22)10-18-12-5-6-14-15(9-12)25-8-7-24-14/h2-6,9-10H,7-8H2,1H3/b18-10+. The fraction of sp³-hybridized carbons (Fsp3) is 0.176. The Morgan fingerprint density at radius 3 is 2.72 bits per heavy atom. The number of carbonyl (C=O) groups excluding carboxylic acids is 1. The van der Waals surface area contributed by atoms with Crippen molar-refractivity contribution in [2.24, 2.45) is 4.99 Å². The van der Waals surface area contributed by atoms with E-state index in [1.54, 1.807) is 18.2 Å². The van der Waals surface area contributed by atoms with Crippen molar-refractivity contribution in [2.75, 3.05) is 20.3 Å². The van der Waals surface area contributed by atoms with Gasteiger partial charge >= 0.3 is 5.97 Å². The molecule has 3 rings (SSSR count). The number of fused-ring (bicyclic) bond motifs is 1. The van der Waals surface area contributed by atoms with Gasteiger partial charge in [-0.1, -0.05) is 6.07 Å². The summed E-state index contributed by atoms with van der Waals surface area (Å²) in [4.78, 5) is 26.7. The lowest BCUT2D eigenvalue weighted by Gasteiger charge is -2.18. The zero-order valence-corrected chi connectivity index (χ0v) is 13.3. The Labute approximate surface area is 142 Å². The zero-order chi connectivity index (χ0) is 17.8. The molecule has 1 aliphatic heterocycles. The lowest BCUT2D eigenvalue weighted by Crippen LogP contribution is -2.14. The summed E-state index contributed by atoms with van der Waals surface area (Å²) in [6.07, 6.45) is 1.33. The second kappa shape index (κ2) is 7.00. The van der Waals surface area contributed by atoms with E-state index in [0.29, 0.717) is 30.4 Å². The first-order chi connectivity index (χ1) is 12.1. The Morgan fingerprint density at radius 1 is 1.24 bits per heavy atom. The summed E-state index contributed by atoms with van der Waals surface area (Å²) < 4.78 is 15.5. The predicted molar refractivity (Wildman–Crippen MR) is 89.1 cm³/mol. The summed E-state index contributed by atoms with van der Waals surface area (Å²) in [5.41, 5.74) is 0.263. The van der Waals surface area contributed by atoms with Crippen LogP contribution in [-0.2, 0) is 4.74 Å². The number of para-hydroxylation sites is 1. The molecule has 0 saturated carbocycles. The van der Waals surface area contributed by atoms with Crippen LogP contribution in [0.5, 0.6) is 11.5 Å². The van der Waals surface area contributed by atoms with Crippen molar-refractivity contribution < 1.29 is 23.9 Å². The summed E-state index contributed by atoms with van der Waals surface area (Å²) in [6.45, 7) is 0.939. The molecule has 0 aliphatic carbocycles. The number of hydrogen-bond acceptors (Lipinski definition) is 7. The molecule has 2 aromatic carbocycles. The lowest BCUT2D eigenvalue weighted by molar-refractivity contribution is -0.385. The second-order valence-corrected chi connectivity index (χ2v) is 5.08. The van der Waals surface area contributed by atoms with Crippen molar-refractivity contribution in [1.29, 1.82) is 0 Å². The number of ether oxygens (including phenoxy) is 3. The van der Waals surface area contributed by atoms with Crippen molar-refractivity contribution >= 4 is 23.6 Å². The molecule has 0 amide bonds. The van der Waals surface area contributed by atoms with E-state index >= 15 is 0 Å². The van der Waals surface area contributed by atoms with Gasteiger partial charge in [0.2, 0.25) is 0 Å². The molecule has 8 heteroatoms. The van der Waals surface area contributed by atoms with Gasteiger partial charge in [0.1, 0.15) is 18.8 Å². The molecular formula is C17H14N2O6. The highest BCUT2D eigenvalue weighted by atomic mass is 16.6. The molecule has 0 spiro atoms. The van der Waals surface area contributed by atoms with E-state index in [-0.39, 0.29) is 16.8 Å². The van der Waals surface area contributed by atoms with Crippen LogP contribution >= 0.6 is 0 Å². The number of benzene rings is 2. The first-order valence-corrected chi connectivity index (χ1v) is 7.39. The third-order valence-corrected chi connectivity index (χ3v) is 3.53. The van der Waals surface area contributed by atoms with Crippen LogP contribution in [0.25, 0.3) is 0 Å². The normalized spacial score (nSPS) is 12.8. The number of nitro groups is 1. The second-order valence-electron chi connectivity index (χ2n) is 5.08. The van der Waals surface area contributed by atoms with E-state index in [2.05, 4.69) is 9.73 Å². The van der Waals surface area contributed by atoms with Crippen LogP contribution in [0.3, 0.4) is 0 Å². The molecule has 128 valence electrons. The summed E-state index contributed by atoms with van der Waals surface area (Å²) in [7, 11) is 1.17. The highest BCUT2D eigenvalue weighted by Gasteiger charge is 2.24. The topological polar surface area (TPSA) is 100 Å². The fourth-order valence-corrected chi connectivity index (χ4v) is 2.40. The van der Waals surface area contributed by atoms with E-state index in [1.807, 2.05) is 0 Å². The lowest BCUT2D eigenvalue weighted by atomic mass is 10.1. The van der Waals surface area contributed by atoms with Crippen molar-refractivity contribution in [1.82, 2.24) is 0 Å². The summed E-state index contributed by atoms with van der Waals surface area (Å²) in [5, 5.41) is 11.4. The Hall–Kier alpha value is -3.42. The third-order valence-electron chi connectivity index (χ3n) is 3.53. The largest absolute Gasteiger partial charge is 0.486 e. The van der Waals surface area contributed by atoms with Gasteiger partial charge in [-0.25, -0.2) is 4.79 Å². The summed E-state index contributed by atoms with van der Waals surface area (Å²) in [5.74, 6) is 0.420. The van der Waals surface area contributed by atoms with Crippen LogP contribution in [0, 0.1) is 10.1 Å². The minimum absolute atomic E-state index is 0.126. The molecule has 0 N–H and O–H groups in total. The van der Waals surface area contributed by atoms with Crippen LogP contribution in [0.15, 0.2) is 41.4 Å². The number of aliphatic imine (C=N–C) groups is 1. The number of methoxy groups -OCH3 is 1. The molecule has 0 saturated heterocycles. The van der Waals surface area contributed by atoms with Gasteiger partial charge in [-0.15, -0.1) is 0 Å². The van der Waals surface area contributed by atoms with Crippen LogP contribution in [0.1, 0.15) is 15.9 Å². The SMILES string of the molecule is COC(=O)c1cccc(/C=N/c2ccc3c(c2)OCCO3)c1[N+](=O)[O-]. The molecule has 2 aromatic rings. The van der Waals surface area contributed by atoms with E-state index in [9.17, 15) is 14.9 Å². The highest BCUT2D eigenvalue weighted by Crippen LogP contribution is 2.33. The molecule has 0 bridgehead atoms. The molecule has 8 nitrogen and oxygen atoms in total. The third kappa shape index (κ3) is 3.42. The first-order valence-electron chi connectivity index (χ1n) is 7.39. The summed E-state index contributed by atoms with van der Waals surface area (Å²) in [6, 6.07) is 9.49. The van der Waals surface area contributed by atoms with Gasteiger partial charge in [-0.2, -0.15) is 0 Å². The van der Waals surface area contributed by atoms with Crippen LogP contribution < -0.4 is 9.47 Å². The number of carbonyl (C=O) groups is 1. The Morgan fingerprint density at radius 2 is 2.00 bits per heavy atom. The van der Waals surface area contributed by atoms with Gasteiger partial charge in [0.05, 0.1) is 23.3 Å². The monoisotopic (exact) mass is 342 g/mol. The van der Waals surface area contributed by atoms with Gasteiger partial charge in [0, 0.05) is 12.3 Å². The average molecular weight is 342 g/mol. The average Bonchev–Trinajstić information content (AvgIpc) is 2.65. The maximum Gasteiger partial charge on any atom is 0.344 e. The van der Waals surface area contributed by atoms with E-state index in [0.717, 1.165) is 0 Å². The molecule has 0 atom stereocenters. The molecule has 0 aromatic heterocycles. The molecule has 1 aliphatic rings. The number of esters is 1. The minimum atomic E-state index is -0.777. The first kappa shape index (κ1) is 16.4. The molecule has 1 heterocycles. The number of hydrogen-bond donors (Lipinski definition) is 0. The quantitative estimate of drug-likeness (QED) is 0.366. The molecule has 0 fully saturated rings. The van der Waals surface area contributed by atoms with Crippen LogP contribution in [0.4, 0.5) is 11.4 Å². The molecular weight excluding hydrogens is 328 g/mol. The maximum absolute atomic E-state index is 11.7. The van der Waals surface area contributed by atoms with E-state index in [4.69, 9.17) is 9.47 Å². The number of rotatable bonds is 4. The number of nitro benzene ring substituents is 1. The highest BCUT2D eigenvalue weighted by molar-refractivity contribution is 5.99. The molecule has 0 radical (unpaired) electrons. The van der Waals surface area contributed by atoms with Crippen molar-refractivity contribution in [3.8, 4) is 11.5 Å². The van der Waals surface area contributed by atoms with Crippen LogP contribution in [0.2, 0.25) is 0 Å². The van der Waals surface area contributed by atoms with E-state index < -0.39 is 10.9 Å². The predicted octanol–water partition coefficient (Wildman–Crippen LogP) is 2.90. The van der Waals surface area contributed by atoms with Crippen LogP contribution in [-0.4, -0.2) is 37.4 Å². The number of nitrogens with zero attached hydrogens (tertiary/aromatic N) is 2. The van der Waals surface area contributed by atoms with E-state index in [1.165, 1.54) is 31.5 Å².